The average Bonchev–Trinajstić information content (AvgIpc) is 3.55. The van der Waals surface area contributed by atoms with Crippen LogP contribution in [0.15, 0.2) is 54.6 Å². The van der Waals surface area contributed by atoms with E-state index in [0.29, 0.717) is 29.1 Å². The Morgan fingerprint density at radius 2 is 1.82 bits per heavy atom. The molecule has 0 unspecified atom stereocenters. The van der Waals surface area contributed by atoms with E-state index in [2.05, 4.69) is 11.4 Å². The van der Waals surface area contributed by atoms with E-state index in [4.69, 9.17) is 14.7 Å². The number of fused-ring (bicyclic) bond motifs is 2. The molecule has 3 aromatic carbocycles. The van der Waals surface area contributed by atoms with Crippen LogP contribution in [-0.4, -0.2) is 26.8 Å². The van der Waals surface area contributed by atoms with Crippen molar-refractivity contribution in [1.29, 1.82) is 5.26 Å². The minimum Gasteiger partial charge on any atom is -0.497 e. The number of hydrogen-bond acceptors (Lipinski definition) is 4. The van der Waals surface area contributed by atoms with Gasteiger partial charge in [-0.2, -0.15) is 18.4 Å². The molecular weight excluding hydrogens is 507 g/mol. The fourth-order valence-electron chi connectivity index (χ4n) is 5.86. The number of hydrogen-bond donors (Lipinski definition) is 1. The molecule has 39 heavy (non-hydrogen) atoms. The number of alkyl halides is 3. The normalized spacial score (nSPS) is 15.6. The molecule has 0 radical (unpaired) electrons. The number of ether oxygens (including phenoxy) is 2. The second kappa shape index (κ2) is 10.2. The van der Waals surface area contributed by atoms with E-state index < -0.39 is 11.7 Å². The summed E-state index contributed by atoms with van der Waals surface area (Å²) < 4.78 is 52.3. The van der Waals surface area contributed by atoms with Crippen molar-refractivity contribution in [2.45, 2.75) is 43.8 Å². The zero-order chi connectivity index (χ0) is 27.8. The van der Waals surface area contributed by atoms with E-state index in [1.165, 1.54) is 26.4 Å². The van der Waals surface area contributed by atoms with Gasteiger partial charge in [-0.3, -0.25) is 4.90 Å². The number of carbonyl (C=O) groups excluding carboxylic acids is 1. The van der Waals surface area contributed by atoms with Gasteiger partial charge in [-0.1, -0.05) is 31.0 Å². The maximum atomic E-state index is 14.0. The van der Waals surface area contributed by atoms with Crippen LogP contribution in [0.25, 0.3) is 11.1 Å². The summed E-state index contributed by atoms with van der Waals surface area (Å²) >= 11 is 0. The molecule has 0 saturated heterocycles. The van der Waals surface area contributed by atoms with Gasteiger partial charge in [0.25, 0.3) is 0 Å². The Kier molecular flexibility index (Phi) is 6.89. The molecule has 1 fully saturated rings. The third kappa shape index (κ3) is 4.87. The summed E-state index contributed by atoms with van der Waals surface area (Å²) in [7, 11) is 2.85. The molecular formula is C30H28F3N3O3. The summed E-state index contributed by atoms with van der Waals surface area (Å²) in [6, 6.07) is 16.0. The van der Waals surface area contributed by atoms with Crippen molar-refractivity contribution in [2.24, 2.45) is 0 Å². The van der Waals surface area contributed by atoms with Crippen LogP contribution in [-0.2, 0) is 18.1 Å². The second-order valence-corrected chi connectivity index (χ2v) is 10.0. The standard InChI is InChI=1S/C30H28F3N3O3/c1-38-22-8-9-23(24(15-22)30(31,32)33)20-7-10-26-25(14-20)29(11-3-4-12-29)18-36(26)28(37)35-17-21-6-5-19(16-34)13-27(21)39-2/h5-10,13-15H,3-4,11-12,17-18H2,1-2H3,(H,35,37). The highest BCUT2D eigenvalue weighted by molar-refractivity contribution is 5.96. The van der Waals surface area contributed by atoms with E-state index in [0.717, 1.165) is 42.9 Å². The molecule has 1 aliphatic carbocycles. The largest absolute Gasteiger partial charge is 0.497 e. The summed E-state index contributed by atoms with van der Waals surface area (Å²) in [6.07, 6.45) is -0.820. The van der Waals surface area contributed by atoms with Crippen LogP contribution in [0, 0.1) is 11.3 Å². The molecule has 1 saturated carbocycles. The molecule has 1 heterocycles. The predicted molar refractivity (Wildman–Crippen MR) is 141 cm³/mol. The second-order valence-electron chi connectivity index (χ2n) is 10.0. The molecule has 1 N–H and O–H groups in total. The first-order valence-corrected chi connectivity index (χ1v) is 12.7. The van der Waals surface area contributed by atoms with Gasteiger partial charge < -0.3 is 14.8 Å². The number of amides is 2. The van der Waals surface area contributed by atoms with Crippen LogP contribution in [0.5, 0.6) is 11.5 Å². The SMILES string of the molecule is COc1ccc(-c2ccc3c(c2)C2(CCCC2)CN3C(=O)NCc2ccc(C#N)cc2OC)c(C(F)(F)F)c1. The smallest absolute Gasteiger partial charge is 0.417 e. The number of benzene rings is 3. The maximum Gasteiger partial charge on any atom is 0.417 e. The highest BCUT2D eigenvalue weighted by Gasteiger charge is 2.46. The summed E-state index contributed by atoms with van der Waals surface area (Å²) in [5, 5.41) is 12.1. The van der Waals surface area contributed by atoms with E-state index in [-0.39, 0.29) is 29.3 Å². The van der Waals surface area contributed by atoms with Gasteiger partial charge in [-0.05, 0) is 65.9 Å². The Morgan fingerprint density at radius 3 is 2.49 bits per heavy atom. The quantitative estimate of drug-likeness (QED) is 0.390. The highest BCUT2D eigenvalue weighted by atomic mass is 19.4. The molecule has 0 aromatic heterocycles. The van der Waals surface area contributed by atoms with E-state index >= 15 is 0 Å². The van der Waals surface area contributed by atoms with Crippen molar-refractivity contribution >= 4 is 11.7 Å². The van der Waals surface area contributed by atoms with Crippen molar-refractivity contribution in [2.75, 3.05) is 25.7 Å². The van der Waals surface area contributed by atoms with Crippen LogP contribution in [0.4, 0.5) is 23.7 Å². The molecule has 5 rings (SSSR count). The van der Waals surface area contributed by atoms with E-state index in [1.54, 1.807) is 35.2 Å². The van der Waals surface area contributed by atoms with Crippen molar-refractivity contribution in [3.05, 3.63) is 76.9 Å². The molecule has 2 aliphatic rings. The molecule has 202 valence electrons. The summed E-state index contributed by atoms with van der Waals surface area (Å²) in [6.45, 7) is 0.669. The van der Waals surface area contributed by atoms with Crippen molar-refractivity contribution in [1.82, 2.24) is 5.32 Å². The van der Waals surface area contributed by atoms with Gasteiger partial charge in [-0.15, -0.1) is 0 Å². The van der Waals surface area contributed by atoms with Crippen LogP contribution < -0.4 is 19.7 Å². The number of methoxy groups -OCH3 is 2. The molecule has 3 aromatic rings. The topological polar surface area (TPSA) is 74.6 Å². The van der Waals surface area contributed by atoms with Gasteiger partial charge in [0.2, 0.25) is 0 Å². The van der Waals surface area contributed by atoms with Crippen molar-refractivity contribution in [3.8, 4) is 28.7 Å². The first-order chi connectivity index (χ1) is 18.7. The predicted octanol–water partition coefficient (Wildman–Crippen LogP) is 6.80. The zero-order valence-electron chi connectivity index (χ0n) is 21.7. The van der Waals surface area contributed by atoms with Crippen LogP contribution in [0.3, 0.4) is 0 Å². The van der Waals surface area contributed by atoms with Gasteiger partial charge >= 0.3 is 12.2 Å². The minimum absolute atomic E-state index is 0.0788. The number of urea groups is 1. The number of anilines is 1. The molecule has 6 nitrogen and oxygen atoms in total. The molecule has 2 amide bonds. The maximum absolute atomic E-state index is 14.0. The van der Waals surface area contributed by atoms with Crippen LogP contribution in [0.2, 0.25) is 0 Å². The molecule has 1 spiro atoms. The molecule has 0 atom stereocenters. The number of carbonyl (C=O) groups is 1. The third-order valence-corrected chi connectivity index (χ3v) is 7.81. The van der Waals surface area contributed by atoms with Crippen LogP contribution >= 0.6 is 0 Å². The number of nitrogens with zero attached hydrogens (tertiary/aromatic N) is 2. The Balaban J connectivity index is 1.47. The van der Waals surface area contributed by atoms with E-state index in [1.807, 2.05) is 6.07 Å². The lowest BCUT2D eigenvalue weighted by molar-refractivity contribution is -0.137. The number of nitrogens with one attached hydrogen (secondary N) is 1. The number of nitriles is 1. The first-order valence-electron chi connectivity index (χ1n) is 12.7. The lowest BCUT2D eigenvalue weighted by atomic mass is 9.79. The third-order valence-electron chi connectivity index (χ3n) is 7.81. The highest BCUT2D eigenvalue weighted by Crippen LogP contribution is 2.52. The number of halogens is 3. The van der Waals surface area contributed by atoms with Gasteiger partial charge in [-0.25, -0.2) is 4.79 Å². The summed E-state index contributed by atoms with van der Waals surface area (Å²) in [5.41, 5.74) is 2.30. The fourth-order valence-corrected chi connectivity index (χ4v) is 5.86. The van der Waals surface area contributed by atoms with Crippen molar-refractivity contribution in [3.63, 3.8) is 0 Å². The minimum atomic E-state index is -4.55. The Labute approximate surface area is 225 Å². The first kappa shape index (κ1) is 26.4. The Morgan fingerprint density at radius 1 is 1.05 bits per heavy atom. The van der Waals surface area contributed by atoms with Gasteiger partial charge in [0.05, 0.1) is 31.4 Å². The van der Waals surface area contributed by atoms with Crippen molar-refractivity contribution < 1.29 is 27.4 Å². The van der Waals surface area contributed by atoms with Gasteiger partial charge in [0.15, 0.2) is 0 Å². The Bertz CT molecular complexity index is 1460. The molecule has 9 heteroatoms. The van der Waals surface area contributed by atoms with Gasteiger partial charge in [0.1, 0.15) is 11.5 Å². The monoisotopic (exact) mass is 535 g/mol. The van der Waals surface area contributed by atoms with Gasteiger partial charge in [0, 0.05) is 29.8 Å². The summed E-state index contributed by atoms with van der Waals surface area (Å²) in [4.78, 5) is 15.1. The number of rotatable bonds is 5. The fraction of sp³-hybridized carbons (Fsp3) is 0.333. The van der Waals surface area contributed by atoms with E-state index in [9.17, 15) is 18.0 Å². The lowest BCUT2D eigenvalue weighted by Gasteiger charge is -2.25. The summed E-state index contributed by atoms with van der Waals surface area (Å²) in [5.74, 6) is 0.647. The van der Waals surface area contributed by atoms with Crippen LogP contribution in [0.1, 0.15) is 47.9 Å². The Hall–Kier alpha value is -4.19. The average molecular weight is 536 g/mol. The molecule has 0 bridgehead atoms. The lowest BCUT2D eigenvalue weighted by Crippen LogP contribution is -2.41. The zero-order valence-corrected chi connectivity index (χ0v) is 21.7. The molecule has 1 aliphatic heterocycles.